The van der Waals surface area contributed by atoms with Crippen LogP contribution in [0.1, 0.15) is 32.6 Å². The first-order chi connectivity index (χ1) is 6.71. The maximum Gasteiger partial charge on any atom is 0.309 e. The standard InChI is InChI=1S/C11H18O3/c1-2-14-10(13)9-6-11(3-4-11)5-8(9)7-12/h8-9,12H,2-7H2,1H3/t8-,9+/m0/s1. The van der Waals surface area contributed by atoms with Gasteiger partial charge in [0.05, 0.1) is 12.5 Å². The summed E-state index contributed by atoms with van der Waals surface area (Å²) in [7, 11) is 0. The van der Waals surface area contributed by atoms with Crippen LogP contribution in [0.5, 0.6) is 0 Å². The molecule has 0 radical (unpaired) electrons. The summed E-state index contributed by atoms with van der Waals surface area (Å²) >= 11 is 0. The molecule has 0 aliphatic heterocycles. The van der Waals surface area contributed by atoms with Crippen LogP contribution in [0.2, 0.25) is 0 Å². The Kier molecular flexibility index (Phi) is 2.52. The zero-order chi connectivity index (χ0) is 10.2. The maximum absolute atomic E-state index is 11.6. The number of rotatable bonds is 3. The number of aliphatic hydroxyl groups excluding tert-OH is 1. The molecular weight excluding hydrogens is 180 g/mol. The van der Waals surface area contributed by atoms with Crippen molar-refractivity contribution in [2.24, 2.45) is 17.3 Å². The molecule has 0 heterocycles. The Morgan fingerprint density at radius 2 is 2.21 bits per heavy atom. The molecule has 2 fully saturated rings. The highest BCUT2D eigenvalue weighted by molar-refractivity contribution is 5.73. The van der Waals surface area contributed by atoms with Crippen molar-refractivity contribution in [3.8, 4) is 0 Å². The van der Waals surface area contributed by atoms with Crippen molar-refractivity contribution in [3.63, 3.8) is 0 Å². The van der Waals surface area contributed by atoms with Gasteiger partial charge >= 0.3 is 5.97 Å². The molecule has 2 atom stereocenters. The Morgan fingerprint density at radius 1 is 1.50 bits per heavy atom. The van der Waals surface area contributed by atoms with Crippen LogP contribution in [-0.2, 0) is 9.53 Å². The van der Waals surface area contributed by atoms with Crippen molar-refractivity contribution < 1.29 is 14.6 Å². The third-order valence-electron chi connectivity index (χ3n) is 3.70. The van der Waals surface area contributed by atoms with E-state index in [4.69, 9.17) is 4.74 Å². The minimum absolute atomic E-state index is 0.0394. The van der Waals surface area contributed by atoms with Crippen LogP contribution < -0.4 is 0 Å². The Hall–Kier alpha value is -0.570. The van der Waals surface area contributed by atoms with E-state index in [1.165, 1.54) is 12.8 Å². The molecule has 0 aromatic carbocycles. The van der Waals surface area contributed by atoms with Crippen LogP contribution in [0.25, 0.3) is 0 Å². The minimum atomic E-state index is -0.102. The normalized spacial score (nSPS) is 33.3. The quantitative estimate of drug-likeness (QED) is 0.696. The Balaban J connectivity index is 1.99. The number of hydrogen-bond acceptors (Lipinski definition) is 3. The third kappa shape index (κ3) is 1.65. The van der Waals surface area contributed by atoms with Crippen molar-refractivity contribution in [3.05, 3.63) is 0 Å². The lowest BCUT2D eigenvalue weighted by Gasteiger charge is -2.14. The molecule has 0 bridgehead atoms. The van der Waals surface area contributed by atoms with Gasteiger partial charge in [-0.25, -0.2) is 0 Å². The van der Waals surface area contributed by atoms with E-state index >= 15 is 0 Å². The molecule has 3 nitrogen and oxygen atoms in total. The average molecular weight is 198 g/mol. The zero-order valence-corrected chi connectivity index (χ0v) is 8.66. The second-order valence-electron chi connectivity index (χ2n) is 4.71. The number of carbonyl (C=O) groups excluding carboxylic acids is 1. The summed E-state index contributed by atoms with van der Waals surface area (Å²) in [5.74, 6) is 0.00863. The fourth-order valence-electron chi connectivity index (χ4n) is 2.72. The van der Waals surface area contributed by atoms with Crippen LogP contribution in [0.4, 0.5) is 0 Å². The number of aliphatic hydroxyl groups is 1. The first-order valence-corrected chi connectivity index (χ1v) is 5.48. The van der Waals surface area contributed by atoms with Gasteiger partial charge in [-0.2, -0.15) is 0 Å². The molecule has 0 amide bonds. The molecule has 80 valence electrons. The molecule has 0 aromatic rings. The monoisotopic (exact) mass is 198 g/mol. The minimum Gasteiger partial charge on any atom is -0.466 e. The molecule has 2 aliphatic carbocycles. The predicted molar refractivity (Wildman–Crippen MR) is 51.6 cm³/mol. The second-order valence-corrected chi connectivity index (χ2v) is 4.71. The van der Waals surface area contributed by atoms with Crippen molar-refractivity contribution in [2.45, 2.75) is 32.6 Å². The van der Waals surface area contributed by atoms with Crippen LogP contribution in [0.3, 0.4) is 0 Å². The zero-order valence-electron chi connectivity index (χ0n) is 8.66. The molecule has 0 aromatic heterocycles. The molecule has 2 saturated carbocycles. The fraction of sp³-hybridized carbons (Fsp3) is 0.909. The molecule has 14 heavy (non-hydrogen) atoms. The average Bonchev–Trinajstić information content (AvgIpc) is 2.78. The largest absolute Gasteiger partial charge is 0.466 e. The van der Waals surface area contributed by atoms with Crippen molar-refractivity contribution in [1.82, 2.24) is 0 Å². The Bertz CT molecular complexity index is 233. The number of carbonyl (C=O) groups is 1. The van der Waals surface area contributed by atoms with Crippen molar-refractivity contribution in [2.75, 3.05) is 13.2 Å². The SMILES string of the molecule is CCOC(=O)[C@@H]1CC2(CC2)C[C@H]1CO. The number of esters is 1. The van der Waals surface area contributed by atoms with E-state index in [0.717, 1.165) is 12.8 Å². The fourth-order valence-corrected chi connectivity index (χ4v) is 2.72. The van der Waals surface area contributed by atoms with Gasteiger partial charge in [-0.05, 0) is 43.9 Å². The van der Waals surface area contributed by atoms with Crippen molar-refractivity contribution >= 4 is 5.97 Å². The van der Waals surface area contributed by atoms with Crippen LogP contribution in [0.15, 0.2) is 0 Å². The van der Waals surface area contributed by atoms with E-state index in [2.05, 4.69) is 0 Å². The van der Waals surface area contributed by atoms with Crippen LogP contribution >= 0.6 is 0 Å². The highest BCUT2D eigenvalue weighted by Crippen LogP contribution is 2.61. The van der Waals surface area contributed by atoms with Gasteiger partial charge in [0.1, 0.15) is 0 Å². The summed E-state index contributed by atoms with van der Waals surface area (Å²) in [4.78, 5) is 11.6. The molecule has 2 rings (SSSR count). The van der Waals surface area contributed by atoms with E-state index in [1.54, 1.807) is 0 Å². The second kappa shape index (κ2) is 3.54. The van der Waals surface area contributed by atoms with Crippen LogP contribution in [-0.4, -0.2) is 24.3 Å². The van der Waals surface area contributed by atoms with Gasteiger partial charge in [-0.1, -0.05) is 0 Å². The molecule has 3 heteroatoms. The molecule has 1 spiro atoms. The van der Waals surface area contributed by atoms with E-state index in [1.807, 2.05) is 6.92 Å². The van der Waals surface area contributed by atoms with Gasteiger partial charge < -0.3 is 9.84 Å². The van der Waals surface area contributed by atoms with E-state index in [-0.39, 0.29) is 24.4 Å². The number of hydrogen-bond donors (Lipinski definition) is 1. The Morgan fingerprint density at radius 3 is 2.71 bits per heavy atom. The van der Waals surface area contributed by atoms with Gasteiger partial charge in [0.25, 0.3) is 0 Å². The lowest BCUT2D eigenvalue weighted by atomic mass is 9.97. The lowest BCUT2D eigenvalue weighted by molar-refractivity contribution is -0.149. The lowest BCUT2D eigenvalue weighted by Crippen LogP contribution is -2.23. The summed E-state index contributed by atoms with van der Waals surface area (Å²) in [5.41, 5.74) is 0.408. The first-order valence-electron chi connectivity index (χ1n) is 5.48. The summed E-state index contributed by atoms with van der Waals surface area (Å²) in [5, 5.41) is 9.21. The highest BCUT2D eigenvalue weighted by atomic mass is 16.5. The van der Waals surface area contributed by atoms with E-state index in [0.29, 0.717) is 12.0 Å². The van der Waals surface area contributed by atoms with Gasteiger partial charge in [0.15, 0.2) is 0 Å². The van der Waals surface area contributed by atoms with Gasteiger partial charge in [-0.3, -0.25) is 4.79 Å². The first kappa shape index (κ1) is 9.97. The summed E-state index contributed by atoms with van der Waals surface area (Å²) in [6, 6.07) is 0. The smallest absolute Gasteiger partial charge is 0.309 e. The van der Waals surface area contributed by atoms with Gasteiger partial charge in [0.2, 0.25) is 0 Å². The van der Waals surface area contributed by atoms with E-state index < -0.39 is 0 Å². The summed E-state index contributed by atoms with van der Waals surface area (Å²) in [6.07, 6.45) is 4.43. The summed E-state index contributed by atoms with van der Waals surface area (Å²) in [6.45, 7) is 2.40. The molecule has 0 saturated heterocycles. The molecule has 0 unspecified atom stereocenters. The number of ether oxygens (including phenoxy) is 1. The summed E-state index contributed by atoms with van der Waals surface area (Å²) < 4.78 is 5.03. The molecule has 2 aliphatic rings. The predicted octanol–water partition coefficient (Wildman–Crippen LogP) is 1.35. The third-order valence-corrected chi connectivity index (χ3v) is 3.70. The van der Waals surface area contributed by atoms with Gasteiger partial charge in [0, 0.05) is 6.61 Å². The van der Waals surface area contributed by atoms with Crippen molar-refractivity contribution in [1.29, 1.82) is 0 Å². The van der Waals surface area contributed by atoms with Gasteiger partial charge in [-0.15, -0.1) is 0 Å². The molecular formula is C11H18O3. The highest BCUT2D eigenvalue weighted by Gasteiger charge is 2.54. The maximum atomic E-state index is 11.6. The molecule has 1 N–H and O–H groups in total. The van der Waals surface area contributed by atoms with Crippen LogP contribution in [0, 0.1) is 17.3 Å². The van der Waals surface area contributed by atoms with E-state index in [9.17, 15) is 9.90 Å². The topological polar surface area (TPSA) is 46.5 Å². The Labute approximate surface area is 84.4 Å².